The van der Waals surface area contributed by atoms with E-state index in [2.05, 4.69) is 40.6 Å². The van der Waals surface area contributed by atoms with E-state index in [1.54, 1.807) is 0 Å². The molecule has 42 heavy (non-hydrogen) atoms. The van der Waals surface area contributed by atoms with Gasteiger partial charge in [0.1, 0.15) is 12.3 Å². The highest BCUT2D eigenvalue weighted by Crippen LogP contribution is 2.31. The molecule has 0 bridgehead atoms. The van der Waals surface area contributed by atoms with Gasteiger partial charge in [0.2, 0.25) is 5.91 Å². The van der Waals surface area contributed by atoms with Crippen molar-refractivity contribution < 1.29 is 9.53 Å². The average molecular weight is 600 g/mol. The zero-order chi connectivity index (χ0) is 29.1. The van der Waals surface area contributed by atoms with Gasteiger partial charge in [0, 0.05) is 54.5 Å². The Hall–Kier alpha value is -3.68. The largest absolute Gasteiger partial charge is 0.367 e. The molecule has 1 aliphatic rings. The van der Waals surface area contributed by atoms with Crippen LogP contribution in [0.15, 0.2) is 91.1 Å². The number of rotatable bonds is 8. The van der Waals surface area contributed by atoms with Crippen molar-refractivity contribution in [1.29, 1.82) is 0 Å². The maximum absolute atomic E-state index is 12.8. The van der Waals surface area contributed by atoms with Gasteiger partial charge in [-0.2, -0.15) is 0 Å². The number of amides is 1. The van der Waals surface area contributed by atoms with E-state index in [9.17, 15) is 4.79 Å². The Morgan fingerprint density at radius 1 is 0.857 bits per heavy atom. The molecule has 6 nitrogen and oxygen atoms in total. The average Bonchev–Trinajstić information content (AvgIpc) is 3.35. The summed E-state index contributed by atoms with van der Waals surface area (Å²) >= 11 is 12.4. The Morgan fingerprint density at radius 2 is 1.57 bits per heavy atom. The van der Waals surface area contributed by atoms with Crippen LogP contribution >= 0.6 is 23.2 Å². The number of pyridine rings is 1. The van der Waals surface area contributed by atoms with Crippen molar-refractivity contribution in [1.82, 2.24) is 19.2 Å². The second-order valence-electron chi connectivity index (χ2n) is 10.7. The molecule has 0 spiro atoms. The van der Waals surface area contributed by atoms with E-state index in [0.29, 0.717) is 31.3 Å². The second kappa shape index (κ2) is 12.7. The highest BCUT2D eigenvalue weighted by atomic mass is 35.5. The smallest absolute Gasteiger partial charge is 0.248 e. The fraction of sp³-hybridized carbons (Fsp3) is 0.235. The number of nitrogens with zero attached hydrogens (tertiary/aromatic N) is 4. The first kappa shape index (κ1) is 28.4. The molecule has 8 heteroatoms. The Bertz CT molecular complexity index is 1690. The van der Waals surface area contributed by atoms with Crippen molar-refractivity contribution in [2.45, 2.75) is 20.1 Å². The SMILES string of the molecule is Cc1cc(Cl)ccc1-c1ccc2nc(-c3ccc(Cl)cc3)c(CN3CCN(C(=O)COCc4ccccc4)CC3)n2c1. The summed E-state index contributed by atoms with van der Waals surface area (Å²) in [6.07, 6.45) is 2.16. The normalized spacial score (nSPS) is 14.0. The van der Waals surface area contributed by atoms with Crippen molar-refractivity contribution >= 4 is 34.8 Å². The summed E-state index contributed by atoms with van der Waals surface area (Å²) < 4.78 is 7.89. The summed E-state index contributed by atoms with van der Waals surface area (Å²) in [6, 6.07) is 27.9. The number of carbonyl (C=O) groups is 1. The van der Waals surface area contributed by atoms with E-state index in [1.165, 1.54) is 0 Å². The molecule has 1 aliphatic heterocycles. The fourth-order valence-electron chi connectivity index (χ4n) is 5.48. The third kappa shape index (κ3) is 6.37. The van der Waals surface area contributed by atoms with Crippen LogP contribution in [0.25, 0.3) is 28.0 Å². The molecule has 3 heterocycles. The van der Waals surface area contributed by atoms with Gasteiger partial charge in [-0.15, -0.1) is 0 Å². The number of ether oxygens (including phenoxy) is 1. The third-order valence-corrected chi connectivity index (χ3v) is 8.26. The van der Waals surface area contributed by atoms with Crippen molar-refractivity contribution in [3.63, 3.8) is 0 Å². The van der Waals surface area contributed by atoms with Crippen LogP contribution in [0.2, 0.25) is 10.0 Å². The number of hydrogen-bond donors (Lipinski definition) is 0. The van der Waals surface area contributed by atoms with E-state index in [4.69, 9.17) is 32.9 Å². The summed E-state index contributed by atoms with van der Waals surface area (Å²) in [7, 11) is 0. The fourth-order valence-corrected chi connectivity index (χ4v) is 5.84. The van der Waals surface area contributed by atoms with Crippen LogP contribution < -0.4 is 0 Å². The number of aromatic nitrogens is 2. The second-order valence-corrected chi connectivity index (χ2v) is 11.5. The molecular formula is C34H32Cl2N4O2. The van der Waals surface area contributed by atoms with Crippen molar-refractivity contribution in [2.24, 2.45) is 0 Å². The minimum absolute atomic E-state index is 0.0326. The Morgan fingerprint density at radius 3 is 2.31 bits per heavy atom. The molecule has 0 N–H and O–H groups in total. The predicted octanol–water partition coefficient (Wildman–Crippen LogP) is 7.14. The van der Waals surface area contributed by atoms with Crippen molar-refractivity contribution in [3.8, 4) is 22.4 Å². The molecule has 3 aromatic carbocycles. The Balaban J connectivity index is 1.21. The first-order valence-electron chi connectivity index (χ1n) is 14.1. The monoisotopic (exact) mass is 598 g/mol. The number of carbonyl (C=O) groups excluding carboxylic acids is 1. The number of fused-ring (bicyclic) bond motifs is 1. The summed E-state index contributed by atoms with van der Waals surface area (Å²) in [5.41, 5.74) is 8.36. The molecule has 0 saturated carbocycles. The van der Waals surface area contributed by atoms with E-state index in [-0.39, 0.29) is 12.5 Å². The highest BCUT2D eigenvalue weighted by molar-refractivity contribution is 6.31. The number of piperazine rings is 1. The zero-order valence-electron chi connectivity index (χ0n) is 23.5. The van der Waals surface area contributed by atoms with Gasteiger partial charge < -0.3 is 14.0 Å². The van der Waals surface area contributed by atoms with E-state index in [1.807, 2.05) is 71.6 Å². The van der Waals surface area contributed by atoms with Crippen LogP contribution in [-0.4, -0.2) is 57.9 Å². The van der Waals surface area contributed by atoms with Gasteiger partial charge in [0.25, 0.3) is 0 Å². The van der Waals surface area contributed by atoms with Crippen molar-refractivity contribution in [2.75, 3.05) is 32.8 Å². The topological polar surface area (TPSA) is 50.1 Å². The van der Waals surface area contributed by atoms with Gasteiger partial charge in [0.15, 0.2) is 0 Å². The molecule has 0 aliphatic carbocycles. The molecular weight excluding hydrogens is 567 g/mol. The molecule has 5 aromatic rings. The lowest BCUT2D eigenvalue weighted by Crippen LogP contribution is -2.49. The highest BCUT2D eigenvalue weighted by Gasteiger charge is 2.24. The number of imidazole rings is 1. The minimum atomic E-state index is 0.0326. The number of halogens is 2. The van der Waals surface area contributed by atoms with Crippen LogP contribution in [0.1, 0.15) is 16.8 Å². The number of aryl methyl sites for hydroxylation is 1. The lowest BCUT2D eigenvalue weighted by Gasteiger charge is -2.34. The summed E-state index contributed by atoms with van der Waals surface area (Å²) in [5.74, 6) is 0.0326. The number of hydrogen-bond acceptors (Lipinski definition) is 4. The van der Waals surface area contributed by atoms with Crippen LogP contribution in [-0.2, 0) is 22.7 Å². The van der Waals surface area contributed by atoms with Gasteiger partial charge in [0.05, 0.1) is 18.0 Å². The van der Waals surface area contributed by atoms with Gasteiger partial charge >= 0.3 is 0 Å². The lowest BCUT2D eigenvalue weighted by atomic mass is 10.0. The van der Waals surface area contributed by atoms with Gasteiger partial charge in [-0.3, -0.25) is 9.69 Å². The molecule has 0 radical (unpaired) electrons. The molecule has 1 fully saturated rings. The van der Waals surface area contributed by atoms with Crippen LogP contribution in [0.4, 0.5) is 0 Å². The lowest BCUT2D eigenvalue weighted by molar-refractivity contribution is -0.138. The molecule has 6 rings (SSSR count). The molecule has 1 amide bonds. The predicted molar refractivity (Wildman–Crippen MR) is 169 cm³/mol. The third-order valence-electron chi connectivity index (χ3n) is 7.77. The summed E-state index contributed by atoms with van der Waals surface area (Å²) in [6.45, 7) is 6.18. The number of benzene rings is 3. The van der Waals surface area contributed by atoms with Gasteiger partial charge in [-0.05, 0) is 65.6 Å². The van der Waals surface area contributed by atoms with E-state index < -0.39 is 0 Å². The quantitative estimate of drug-likeness (QED) is 0.190. The van der Waals surface area contributed by atoms with Crippen LogP contribution in [0.5, 0.6) is 0 Å². The van der Waals surface area contributed by atoms with Crippen LogP contribution in [0, 0.1) is 6.92 Å². The minimum Gasteiger partial charge on any atom is -0.367 e. The van der Waals surface area contributed by atoms with Crippen molar-refractivity contribution in [3.05, 3.63) is 118 Å². The van der Waals surface area contributed by atoms with Gasteiger partial charge in [-0.25, -0.2) is 4.98 Å². The standard InChI is InChI=1S/C34H32Cl2N4O2/c1-24-19-29(36)12-13-30(24)27-9-14-32-37-34(26-7-10-28(35)11-8-26)31(40(32)20-27)21-38-15-17-39(18-16-38)33(41)23-42-22-25-5-3-2-4-6-25/h2-14,19-20H,15-18,21-23H2,1H3. The zero-order valence-corrected chi connectivity index (χ0v) is 25.0. The first-order chi connectivity index (χ1) is 20.4. The summed E-state index contributed by atoms with van der Waals surface area (Å²) in [4.78, 5) is 22.2. The van der Waals surface area contributed by atoms with E-state index in [0.717, 1.165) is 63.0 Å². The Labute approximate surface area is 256 Å². The summed E-state index contributed by atoms with van der Waals surface area (Å²) in [5, 5.41) is 1.42. The molecule has 2 aromatic heterocycles. The van der Waals surface area contributed by atoms with E-state index >= 15 is 0 Å². The Kier molecular flexibility index (Phi) is 8.58. The molecule has 1 saturated heterocycles. The maximum atomic E-state index is 12.8. The first-order valence-corrected chi connectivity index (χ1v) is 14.9. The van der Waals surface area contributed by atoms with Gasteiger partial charge in [-0.1, -0.05) is 71.7 Å². The van der Waals surface area contributed by atoms with Crippen LogP contribution in [0.3, 0.4) is 0 Å². The molecule has 0 atom stereocenters. The molecule has 214 valence electrons. The maximum Gasteiger partial charge on any atom is 0.248 e. The molecule has 0 unspecified atom stereocenters.